The first kappa shape index (κ1) is 2.84. The second-order valence-electron chi connectivity index (χ2n) is 2.04. The van der Waals surface area contributed by atoms with Crippen LogP contribution in [-0.4, -0.2) is 0 Å². The van der Waals surface area contributed by atoms with Gasteiger partial charge < -0.3 is 0 Å². The van der Waals surface area contributed by atoms with Gasteiger partial charge in [0.15, 0.2) is 0 Å². The average molecular weight is 79.1 g/mol. The average Bonchev–Trinajstić information content (AvgIpc) is 2.26. The van der Waals surface area contributed by atoms with Gasteiger partial charge in [-0.3, -0.25) is 0 Å². The van der Waals surface area contributed by atoms with Crippen LogP contribution >= 0.6 is 0 Å². The molecule has 0 nitrogen and oxygen atoms in total. The Morgan fingerprint density at radius 1 is 1.33 bits per heavy atom. The van der Waals surface area contributed by atoms with E-state index in [0.717, 1.165) is 0 Å². The van der Waals surface area contributed by atoms with Gasteiger partial charge in [0.1, 0.15) is 0 Å². The van der Waals surface area contributed by atoms with Crippen LogP contribution < -0.4 is 0 Å². The number of hydrogen-bond donors (Lipinski definition) is 0. The highest BCUT2D eigenvalue weighted by atomic mass is 14.3. The number of rotatable bonds is 1. The minimum Gasteiger partial charge on any atom is -0.0803 e. The van der Waals surface area contributed by atoms with Crippen molar-refractivity contribution < 1.29 is 0 Å². The van der Waals surface area contributed by atoms with Crippen LogP contribution in [0.2, 0.25) is 0 Å². The van der Waals surface area contributed by atoms with Gasteiger partial charge in [-0.25, -0.2) is 0 Å². The zero-order valence-electron chi connectivity index (χ0n) is 3.70. The fourth-order valence-electron chi connectivity index (χ4n) is 0.723. The van der Waals surface area contributed by atoms with E-state index >= 15 is 0 Å². The monoisotopic (exact) mass is 79.1 g/mol. The molecule has 2 aliphatic rings. The van der Waals surface area contributed by atoms with Gasteiger partial charge >= 0.3 is 0 Å². The van der Waals surface area contributed by atoms with E-state index in [1.165, 1.54) is 19.3 Å². The summed E-state index contributed by atoms with van der Waals surface area (Å²) in [5, 5.41) is 0. The molecule has 2 aliphatic carbocycles. The van der Waals surface area contributed by atoms with Crippen molar-refractivity contribution in [3.63, 3.8) is 0 Å². The topological polar surface area (TPSA) is 0 Å². The van der Waals surface area contributed by atoms with E-state index in [1.807, 2.05) is 0 Å². The van der Waals surface area contributed by atoms with Crippen molar-refractivity contribution in [2.75, 3.05) is 0 Å². The largest absolute Gasteiger partial charge is 0.0803 e. The van der Waals surface area contributed by atoms with E-state index in [1.54, 1.807) is 11.5 Å². The molecule has 0 N–H and O–H groups in total. The number of allylic oxidation sites excluding steroid dienone is 2. The minimum absolute atomic E-state index is 1.31. The molecular weight excluding hydrogens is 72.1 g/mol. The number of hydrogen-bond acceptors (Lipinski definition) is 0. The second kappa shape index (κ2) is 0.699. The molecule has 0 aromatic carbocycles. The molecule has 0 aromatic heterocycles. The molecule has 1 fully saturated rings. The van der Waals surface area contributed by atoms with E-state index in [4.69, 9.17) is 0 Å². The quantitative estimate of drug-likeness (QED) is 0.448. The molecule has 0 amide bonds. The fraction of sp³-hybridized carbons (Fsp3) is 0.500. The highest BCUT2D eigenvalue weighted by Crippen LogP contribution is 2.46. The van der Waals surface area contributed by atoms with E-state index in [0.29, 0.717) is 0 Å². The first-order valence-corrected chi connectivity index (χ1v) is 2.51. The molecule has 0 heterocycles. The van der Waals surface area contributed by atoms with Crippen LogP contribution in [0.25, 0.3) is 0 Å². The van der Waals surface area contributed by atoms with Crippen LogP contribution in [0.15, 0.2) is 11.6 Å². The first-order valence-electron chi connectivity index (χ1n) is 2.51. The van der Waals surface area contributed by atoms with Crippen molar-refractivity contribution >= 4 is 0 Å². The summed E-state index contributed by atoms with van der Waals surface area (Å²) >= 11 is 0. The van der Waals surface area contributed by atoms with E-state index < -0.39 is 0 Å². The van der Waals surface area contributed by atoms with Crippen molar-refractivity contribution in [2.24, 2.45) is 0 Å². The zero-order valence-corrected chi connectivity index (χ0v) is 3.70. The van der Waals surface area contributed by atoms with Gasteiger partial charge in [0.25, 0.3) is 0 Å². The molecule has 0 heteroatoms. The normalized spacial score (nSPS) is 29.7. The SMILES string of the molecule is C1=C([C]2CC2)C1. The van der Waals surface area contributed by atoms with Crippen LogP contribution in [0, 0.1) is 5.92 Å². The van der Waals surface area contributed by atoms with Crippen molar-refractivity contribution in [3.05, 3.63) is 17.6 Å². The smallest absolute Gasteiger partial charge is 0.000944 e. The zero-order chi connectivity index (χ0) is 3.98. The van der Waals surface area contributed by atoms with Gasteiger partial charge in [0.2, 0.25) is 0 Å². The van der Waals surface area contributed by atoms with Gasteiger partial charge in [-0.1, -0.05) is 11.6 Å². The second-order valence-corrected chi connectivity index (χ2v) is 2.04. The Hall–Kier alpha value is -0.260. The van der Waals surface area contributed by atoms with Crippen LogP contribution in [0.1, 0.15) is 19.3 Å². The molecule has 1 radical (unpaired) electrons. The molecule has 6 heavy (non-hydrogen) atoms. The van der Waals surface area contributed by atoms with Crippen molar-refractivity contribution in [2.45, 2.75) is 19.3 Å². The van der Waals surface area contributed by atoms with Gasteiger partial charge in [-0.05, 0) is 19.3 Å². The molecule has 0 unspecified atom stereocenters. The lowest BCUT2D eigenvalue weighted by Crippen LogP contribution is -1.56. The Labute approximate surface area is 37.9 Å². The van der Waals surface area contributed by atoms with Crippen molar-refractivity contribution in [1.29, 1.82) is 0 Å². The Morgan fingerprint density at radius 3 is 2.17 bits per heavy atom. The summed E-state index contributed by atoms with van der Waals surface area (Å²) in [5.41, 5.74) is 1.66. The van der Waals surface area contributed by atoms with Crippen LogP contribution in [0.3, 0.4) is 0 Å². The molecule has 0 saturated heterocycles. The maximum atomic E-state index is 2.31. The maximum Gasteiger partial charge on any atom is 0.000944 e. The van der Waals surface area contributed by atoms with Crippen molar-refractivity contribution in [1.82, 2.24) is 0 Å². The molecule has 0 bridgehead atoms. The third kappa shape index (κ3) is 0.296. The van der Waals surface area contributed by atoms with Crippen LogP contribution in [0.4, 0.5) is 0 Å². The predicted octanol–water partition coefficient (Wildman–Crippen LogP) is 1.68. The van der Waals surface area contributed by atoms with E-state index in [-0.39, 0.29) is 0 Å². The van der Waals surface area contributed by atoms with E-state index in [9.17, 15) is 0 Å². The Kier molecular flexibility index (Phi) is 0.331. The van der Waals surface area contributed by atoms with Crippen LogP contribution in [-0.2, 0) is 0 Å². The van der Waals surface area contributed by atoms with Gasteiger partial charge in [-0.2, -0.15) is 0 Å². The van der Waals surface area contributed by atoms with E-state index in [2.05, 4.69) is 6.08 Å². The van der Waals surface area contributed by atoms with Crippen LogP contribution in [0.5, 0.6) is 0 Å². The minimum atomic E-state index is 1.31. The Morgan fingerprint density at radius 2 is 2.00 bits per heavy atom. The highest BCUT2D eigenvalue weighted by Gasteiger charge is 2.30. The molecule has 0 aliphatic heterocycles. The summed E-state index contributed by atoms with van der Waals surface area (Å²) in [6.07, 6.45) is 6.44. The standard InChI is InChI=1S/C6H7/c1-2-5(1)6-3-4-6/h1H,2-4H2. The molecule has 0 spiro atoms. The molecule has 0 atom stereocenters. The Bertz CT molecular complexity index is 96.6. The maximum absolute atomic E-state index is 2.31. The lowest BCUT2D eigenvalue weighted by Gasteiger charge is -1.71. The van der Waals surface area contributed by atoms with Crippen molar-refractivity contribution in [3.8, 4) is 0 Å². The van der Waals surface area contributed by atoms with Gasteiger partial charge in [0.05, 0.1) is 0 Å². The fourth-order valence-corrected chi connectivity index (χ4v) is 0.723. The first-order chi connectivity index (χ1) is 2.97. The summed E-state index contributed by atoms with van der Waals surface area (Å²) < 4.78 is 0. The summed E-state index contributed by atoms with van der Waals surface area (Å²) in [4.78, 5) is 0. The molecule has 2 rings (SSSR count). The predicted molar refractivity (Wildman–Crippen MR) is 25.2 cm³/mol. The molecular formula is C6H7. The molecule has 31 valence electrons. The summed E-state index contributed by atoms with van der Waals surface area (Å²) in [6.45, 7) is 0. The van der Waals surface area contributed by atoms with Gasteiger partial charge in [-0.15, -0.1) is 0 Å². The Balaban J connectivity index is 2.07. The highest BCUT2D eigenvalue weighted by molar-refractivity contribution is 5.43. The third-order valence-corrected chi connectivity index (χ3v) is 1.36. The molecule has 1 saturated carbocycles. The lowest BCUT2D eigenvalue weighted by molar-refractivity contribution is 1.41. The lowest BCUT2D eigenvalue weighted by atomic mass is 10.3. The summed E-state index contributed by atoms with van der Waals surface area (Å²) in [7, 11) is 0. The summed E-state index contributed by atoms with van der Waals surface area (Å²) in [6, 6.07) is 0. The molecule has 0 aromatic rings. The summed E-state index contributed by atoms with van der Waals surface area (Å²) in [5.74, 6) is 1.73. The third-order valence-electron chi connectivity index (χ3n) is 1.36. The van der Waals surface area contributed by atoms with Gasteiger partial charge in [0, 0.05) is 5.92 Å².